The Morgan fingerprint density at radius 1 is 1.44 bits per heavy atom. The number of benzene rings is 1. The number of thiazole rings is 1. The Morgan fingerprint density at radius 3 is 2.78 bits per heavy atom. The summed E-state index contributed by atoms with van der Waals surface area (Å²) in [6, 6.07) is 6.06. The third kappa shape index (κ3) is 3.54. The lowest BCUT2D eigenvalue weighted by Crippen LogP contribution is -2.13. The van der Waals surface area contributed by atoms with Gasteiger partial charge in [0.2, 0.25) is 0 Å². The van der Waals surface area contributed by atoms with Crippen molar-refractivity contribution in [2.24, 2.45) is 12.0 Å². The van der Waals surface area contributed by atoms with Crippen LogP contribution >= 0.6 is 23.1 Å². The van der Waals surface area contributed by atoms with Gasteiger partial charge in [0, 0.05) is 23.5 Å². The quantitative estimate of drug-likeness (QED) is 0.810. The maximum Gasteiger partial charge on any atom is 0.258 e. The first-order valence-electron chi connectivity index (χ1n) is 5.21. The Morgan fingerprint density at radius 2 is 2.17 bits per heavy atom. The minimum atomic E-state index is -0.277. The van der Waals surface area contributed by atoms with Gasteiger partial charge in [-0.15, -0.1) is 23.1 Å². The second kappa shape index (κ2) is 5.97. The number of thioether (sulfide) groups is 1. The van der Waals surface area contributed by atoms with Crippen molar-refractivity contribution in [3.05, 3.63) is 46.5 Å². The smallest absolute Gasteiger partial charge is 0.258 e. The minimum absolute atomic E-state index is 0.192. The molecule has 0 unspecified atom stereocenters. The lowest BCUT2D eigenvalue weighted by atomic mass is 10.4. The normalized spacial score (nSPS) is 11.8. The van der Waals surface area contributed by atoms with Crippen LogP contribution in [0.3, 0.4) is 0 Å². The van der Waals surface area contributed by atoms with E-state index in [-0.39, 0.29) is 17.5 Å². The van der Waals surface area contributed by atoms with E-state index in [0.29, 0.717) is 4.80 Å². The zero-order chi connectivity index (χ0) is 13.0. The van der Waals surface area contributed by atoms with E-state index in [1.807, 2.05) is 18.6 Å². The fourth-order valence-electron chi connectivity index (χ4n) is 1.25. The molecular formula is C12H11FN2OS2. The zero-order valence-electron chi connectivity index (χ0n) is 9.67. The third-order valence-electron chi connectivity index (χ3n) is 2.16. The molecular weight excluding hydrogens is 271 g/mol. The first-order valence-corrected chi connectivity index (χ1v) is 7.08. The summed E-state index contributed by atoms with van der Waals surface area (Å²) >= 11 is 2.77. The number of hydrogen-bond donors (Lipinski definition) is 0. The molecule has 94 valence electrons. The van der Waals surface area contributed by atoms with Crippen molar-refractivity contribution in [1.29, 1.82) is 0 Å². The summed E-state index contributed by atoms with van der Waals surface area (Å²) < 4.78 is 14.5. The number of rotatable bonds is 3. The molecule has 1 aromatic carbocycles. The molecule has 1 amide bonds. The van der Waals surface area contributed by atoms with Gasteiger partial charge in [0.15, 0.2) is 4.80 Å². The number of carbonyl (C=O) groups is 1. The van der Waals surface area contributed by atoms with Crippen LogP contribution in [0.1, 0.15) is 0 Å². The van der Waals surface area contributed by atoms with Crippen LogP contribution in [0, 0.1) is 5.82 Å². The van der Waals surface area contributed by atoms with Crippen LogP contribution in [0.2, 0.25) is 0 Å². The predicted molar refractivity (Wildman–Crippen MR) is 71.0 cm³/mol. The highest BCUT2D eigenvalue weighted by atomic mass is 32.2. The molecule has 0 N–H and O–H groups in total. The first kappa shape index (κ1) is 13.0. The molecule has 18 heavy (non-hydrogen) atoms. The second-order valence-corrected chi connectivity index (χ2v) is 5.47. The zero-order valence-corrected chi connectivity index (χ0v) is 11.3. The van der Waals surface area contributed by atoms with Crippen molar-refractivity contribution in [2.45, 2.75) is 4.90 Å². The molecule has 0 fully saturated rings. The third-order valence-corrected chi connectivity index (χ3v) is 4.00. The van der Waals surface area contributed by atoms with Gasteiger partial charge in [-0.3, -0.25) is 4.79 Å². The Kier molecular flexibility index (Phi) is 4.33. The lowest BCUT2D eigenvalue weighted by molar-refractivity contribution is -0.115. The SMILES string of the molecule is Cn1ccsc1=NC(=O)CSc1ccc(F)cc1. The van der Waals surface area contributed by atoms with Gasteiger partial charge in [0.1, 0.15) is 5.82 Å². The van der Waals surface area contributed by atoms with Crippen LogP contribution in [0.4, 0.5) is 4.39 Å². The summed E-state index contributed by atoms with van der Waals surface area (Å²) in [6.07, 6.45) is 1.85. The van der Waals surface area contributed by atoms with E-state index in [0.717, 1.165) is 4.90 Å². The van der Waals surface area contributed by atoms with Crippen LogP contribution < -0.4 is 4.80 Å². The van der Waals surface area contributed by atoms with E-state index in [2.05, 4.69) is 4.99 Å². The van der Waals surface area contributed by atoms with E-state index < -0.39 is 0 Å². The van der Waals surface area contributed by atoms with Crippen molar-refractivity contribution < 1.29 is 9.18 Å². The van der Waals surface area contributed by atoms with Gasteiger partial charge in [-0.05, 0) is 24.3 Å². The molecule has 3 nitrogen and oxygen atoms in total. The molecule has 6 heteroatoms. The number of aromatic nitrogens is 1. The lowest BCUT2D eigenvalue weighted by Gasteiger charge is -1.98. The van der Waals surface area contributed by atoms with Crippen molar-refractivity contribution >= 4 is 29.0 Å². The van der Waals surface area contributed by atoms with Gasteiger partial charge in [-0.2, -0.15) is 4.99 Å². The Bertz CT molecular complexity index is 601. The molecule has 2 rings (SSSR count). The fraction of sp³-hybridized carbons (Fsp3) is 0.167. The molecule has 1 aromatic heterocycles. The molecule has 0 saturated carbocycles. The summed E-state index contributed by atoms with van der Waals surface area (Å²) in [5.74, 6) is -0.216. The number of hydrogen-bond acceptors (Lipinski definition) is 3. The van der Waals surface area contributed by atoms with E-state index in [9.17, 15) is 9.18 Å². The number of amides is 1. The summed E-state index contributed by atoms with van der Waals surface area (Å²) in [4.78, 5) is 17.2. The standard InChI is InChI=1S/C12H11FN2OS2/c1-15-6-7-17-12(15)14-11(16)8-18-10-4-2-9(13)3-5-10/h2-7H,8H2,1H3. The topological polar surface area (TPSA) is 34.4 Å². The van der Waals surface area contributed by atoms with Crippen molar-refractivity contribution in [1.82, 2.24) is 4.57 Å². The number of nitrogens with zero attached hydrogens (tertiary/aromatic N) is 2. The van der Waals surface area contributed by atoms with Crippen molar-refractivity contribution in [3.63, 3.8) is 0 Å². The number of aryl methyl sites for hydroxylation is 1. The maximum atomic E-state index is 12.7. The van der Waals surface area contributed by atoms with Gasteiger partial charge in [0.05, 0.1) is 5.75 Å². The average molecular weight is 282 g/mol. The number of halogens is 1. The molecule has 0 aliphatic rings. The summed E-state index contributed by atoms with van der Waals surface area (Å²) in [5.41, 5.74) is 0. The molecule has 1 heterocycles. The molecule has 0 saturated heterocycles. The minimum Gasteiger partial charge on any atom is -0.327 e. The van der Waals surface area contributed by atoms with Gasteiger partial charge >= 0.3 is 0 Å². The van der Waals surface area contributed by atoms with Crippen molar-refractivity contribution in [2.75, 3.05) is 5.75 Å². The molecule has 0 aliphatic heterocycles. The fourth-order valence-corrected chi connectivity index (χ4v) is 2.68. The summed E-state index contributed by atoms with van der Waals surface area (Å²) in [7, 11) is 1.84. The molecule has 0 bridgehead atoms. The van der Waals surface area contributed by atoms with E-state index >= 15 is 0 Å². The van der Waals surface area contributed by atoms with Crippen LogP contribution in [-0.2, 0) is 11.8 Å². The highest BCUT2D eigenvalue weighted by Gasteiger charge is 2.02. The van der Waals surface area contributed by atoms with Crippen LogP contribution in [0.25, 0.3) is 0 Å². The van der Waals surface area contributed by atoms with Gasteiger partial charge < -0.3 is 4.57 Å². The predicted octanol–water partition coefficient (Wildman–Crippen LogP) is 2.45. The van der Waals surface area contributed by atoms with Gasteiger partial charge in [0.25, 0.3) is 5.91 Å². The number of carbonyl (C=O) groups excluding carboxylic acids is 1. The summed E-state index contributed by atoms with van der Waals surface area (Å²) in [6.45, 7) is 0. The summed E-state index contributed by atoms with van der Waals surface area (Å²) in [5, 5.41) is 1.87. The monoisotopic (exact) mass is 282 g/mol. The Labute approximate surface area is 112 Å². The van der Waals surface area contributed by atoms with E-state index in [1.54, 1.807) is 16.7 Å². The first-order chi connectivity index (χ1) is 8.65. The van der Waals surface area contributed by atoms with E-state index in [4.69, 9.17) is 0 Å². The van der Waals surface area contributed by atoms with Crippen molar-refractivity contribution in [3.8, 4) is 0 Å². The molecule has 0 atom stereocenters. The van der Waals surface area contributed by atoms with E-state index in [1.165, 1.54) is 35.2 Å². The molecule has 0 aliphatic carbocycles. The highest BCUT2D eigenvalue weighted by molar-refractivity contribution is 8.00. The average Bonchev–Trinajstić information content (AvgIpc) is 2.74. The van der Waals surface area contributed by atoms with Crippen LogP contribution in [0.15, 0.2) is 45.7 Å². The molecule has 2 aromatic rings. The highest BCUT2D eigenvalue weighted by Crippen LogP contribution is 2.17. The maximum absolute atomic E-state index is 12.7. The van der Waals surface area contributed by atoms with Crippen LogP contribution in [0.5, 0.6) is 0 Å². The molecule has 0 spiro atoms. The second-order valence-electron chi connectivity index (χ2n) is 3.54. The largest absolute Gasteiger partial charge is 0.327 e. The van der Waals surface area contributed by atoms with Gasteiger partial charge in [-0.25, -0.2) is 4.39 Å². The van der Waals surface area contributed by atoms with Gasteiger partial charge in [-0.1, -0.05) is 0 Å². The Hall–Kier alpha value is -1.40. The Balaban J connectivity index is 1.97. The molecule has 0 radical (unpaired) electrons. The van der Waals surface area contributed by atoms with Crippen LogP contribution in [-0.4, -0.2) is 16.2 Å².